The highest BCUT2D eigenvalue weighted by Gasteiger charge is 2.59. The van der Waals surface area contributed by atoms with Crippen molar-refractivity contribution in [2.75, 3.05) is 62.4 Å². The van der Waals surface area contributed by atoms with Gasteiger partial charge in [-0.25, -0.2) is 17.8 Å². The van der Waals surface area contributed by atoms with Gasteiger partial charge in [-0.15, -0.1) is 12.4 Å². The molecular formula is C30H38ClFN6O5S. The Hall–Kier alpha value is -3.10. The van der Waals surface area contributed by atoms with Gasteiger partial charge in [0.15, 0.2) is 0 Å². The molecule has 2 aromatic heterocycles. The van der Waals surface area contributed by atoms with Crippen molar-refractivity contribution in [3.8, 4) is 17.0 Å². The van der Waals surface area contributed by atoms with E-state index in [4.69, 9.17) is 9.47 Å². The Bertz CT molecular complexity index is 1680. The molecule has 238 valence electrons. The van der Waals surface area contributed by atoms with E-state index in [1.807, 2.05) is 13.8 Å². The quantitative estimate of drug-likeness (QED) is 0.336. The van der Waals surface area contributed by atoms with Gasteiger partial charge in [0.2, 0.25) is 21.8 Å². The summed E-state index contributed by atoms with van der Waals surface area (Å²) in [5.41, 5.74) is 1.98. The van der Waals surface area contributed by atoms with E-state index in [2.05, 4.69) is 24.9 Å². The monoisotopic (exact) mass is 648 g/mol. The highest BCUT2D eigenvalue weighted by atomic mass is 35.5. The van der Waals surface area contributed by atoms with Crippen LogP contribution >= 0.6 is 12.4 Å². The third-order valence-corrected chi connectivity index (χ3v) is 9.09. The van der Waals surface area contributed by atoms with Gasteiger partial charge in [0, 0.05) is 86.3 Å². The summed E-state index contributed by atoms with van der Waals surface area (Å²) >= 11 is 0. The standard InChI is InChI=1S/C30H37FN6O5S.ClH/c1-18(2)32-7-10-42-28-25(35-43(4,39)40)11-19(14-34-28)21-12-22-24(13-23(21)31)33-15-26-27(22)30(29(38)36(26)3)16-37(17-30)20-5-8-41-9-6-20;/h11-15,18,20,32,35H,5-10,16-17H2,1-4H3;1H. The Balaban J connectivity index is 0.00000384. The molecule has 11 nitrogen and oxygen atoms in total. The number of carbonyl (C=O) groups excluding carboxylic acids is 1. The number of benzene rings is 1. The number of nitrogens with one attached hydrogen (secondary N) is 2. The number of rotatable bonds is 9. The van der Waals surface area contributed by atoms with Crippen LogP contribution in [0.25, 0.3) is 22.0 Å². The zero-order chi connectivity index (χ0) is 30.5. The fourth-order valence-electron chi connectivity index (χ4n) is 6.45. The van der Waals surface area contributed by atoms with Crippen molar-refractivity contribution in [1.82, 2.24) is 20.2 Å². The van der Waals surface area contributed by atoms with Crippen molar-refractivity contribution in [3.63, 3.8) is 0 Å². The van der Waals surface area contributed by atoms with Crippen molar-refractivity contribution in [1.29, 1.82) is 0 Å². The van der Waals surface area contributed by atoms with Crippen LogP contribution < -0.4 is 19.7 Å². The minimum atomic E-state index is -3.68. The van der Waals surface area contributed by atoms with E-state index in [0.717, 1.165) is 43.6 Å². The molecule has 5 heterocycles. The maximum Gasteiger partial charge on any atom is 0.240 e. The van der Waals surface area contributed by atoms with E-state index in [9.17, 15) is 13.2 Å². The Morgan fingerprint density at radius 3 is 2.57 bits per heavy atom. The van der Waals surface area contributed by atoms with Crippen molar-refractivity contribution in [2.45, 2.75) is 44.2 Å². The lowest BCUT2D eigenvalue weighted by Crippen LogP contribution is -2.66. The third-order valence-electron chi connectivity index (χ3n) is 8.49. The second-order valence-corrected chi connectivity index (χ2v) is 13.7. The molecular weight excluding hydrogens is 611 g/mol. The molecule has 1 spiro atoms. The average molecular weight is 649 g/mol. The van der Waals surface area contributed by atoms with Crippen LogP contribution in [0.4, 0.5) is 15.8 Å². The van der Waals surface area contributed by atoms with Crippen molar-refractivity contribution in [2.24, 2.45) is 0 Å². The number of anilines is 2. The normalized spacial score (nSPS) is 18.4. The SMILES string of the molecule is CC(C)NCCOc1ncc(-c2cc3c4c(cnc3cc2F)N(C)C(=O)C42CN(C3CCOCC3)C2)cc1NS(C)(=O)=O.Cl. The van der Waals surface area contributed by atoms with E-state index >= 15 is 4.39 Å². The predicted molar refractivity (Wildman–Crippen MR) is 170 cm³/mol. The molecule has 1 aromatic carbocycles. The van der Waals surface area contributed by atoms with Crippen LogP contribution in [0.15, 0.2) is 30.6 Å². The first-order valence-corrected chi connectivity index (χ1v) is 16.4. The maximum absolute atomic E-state index is 15.7. The number of sulfonamides is 1. The van der Waals surface area contributed by atoms with Gasteiger partial charge in [0.1, 0.15) is 23.5 Å². The number of nitrogens with zero attached hydrogens (tertiary/aromatic N) is 4. The van der Waals surface area contributed by atoms with Gasteiger partial charge in [0.05, 0.1) is 23.7 Å². The summed E-state index contributed by atoms with van der Waals surface area (Å²) in [6.07, 6.45) is 6.01. The van der Waals surface area contributed by atoms with Crippen LogP contribution in [0.5, 0.6) is 5.88 Å². The molecule has 0 radical (unpaired) electrons. The van der Waals surface area contributed by atoms with E-state index in [1.54, 1.807) is 24.2 Å². The Morgan fingerprint density at radius 1 is 1.16 bits per heavy atom. The number of halogens is 2. The molecule has 2 saturated heterocycles. The average Bonchev–Trinajstić information content (AvgIpc) is 3.16. The summed E-state index contributed by atoms with van der Waals surface area (Å²) < 4.78 is 53.7. The van der Waals surface area contributed by atoms with Crippen LogP contribution in [0.1, 0.15) is 32.3 Å². The number of hydrogen-bond donors (Lipinski definition) is 2. The molecule has 14 heteroatoms. The van der Waals surface area contributed by atoms with Crippen LogP contribution in [0.2, 0.25) is 0 Å². The minimum absolute atomic E-state index is 0. The van der Waals surface area contributed by atoms with Gasteiger partial charge in [-0.05, 0) is 25.0 Å². The predicted octanol–water partition coefficient (Wildman–Crippen LogP) is 3.31. The summed E-state index contributed by atoms with van der Waals surface area (Å²) in [7, 11) is -1.92. The first-order chi connectivity index (χ1) is 20.5. The zero-order valence-corrected chi connectivity index (χ0v) is 26.9. The number of likely N-dealkylation sites (N-methyl/N-ethyl adjacent to an activating group) is 1. The molecule has 3 aromatic rings. The van der Waals surface area contributed by atoms with E-state index < -0.39 is 21.3 Å². The molecule has 2 fully saturated rings. The molecule has 6 rings (SSSR count). The van der Waals surface area contributed by atoms with E-state index in [0.29, 0.717) is 42.1 Å². The number of likely N-dealkylation sites (tertiary alicyclic amines) is 1. The molecule has 0 atom stereocenters. The Morgan fingerprint density at radius 2 is 1.89 bits per heavy atom. The summed E-state index contributed by atoms with van der Waals surface area (Å²) in [5.74, 6) is -0.427. The van der Waals surface area contributed by atoms with Gasteiger partial charge in [-0.1, -0.05) is 13.8 Å². The van der Waals surface area contributed by atoms with Gasteiger partial charge < -0.3 is 19.7 Å². The summed E-state index contributed by atoms with van der Waals surface area (Å²) in [4.78, 5) is 26.6. The lowest BCUT2D eigenvalue weighted by atomic mass is 9.72. The number of aromatic nitrogens is 2. The molecule has 3 aliphatic rings. The largest absolute Gasteiger partial charge is 0.475 e. The number of pyridine rings is 2. The molecule has 0 bridgehead atoms. The highest BCUT2D eigenvalue weighted by molar-refractivity contribution is 7.92. The number of ether oxygens (including phenoxy) is 2. The topological polar surface area (TPSA) is 126 Å². The fourth-order valence-corrected chi connectivity index (χ4v) is 7.00. The summed E-state index contributed by atoms with van der Waals surface area (Å²) in [6.45, 7) is 7.43. The second-order valence-electron chi connectivity index (χ2n) is 12.0. The molecule has 0 saturated carbocycles. The molecule has 44 heavy (non-hydrogen) atoms. The molecule has 1 amide bonds. The van der Waals surface area contributed by atoms with E-state index in [1.165, 1.54) is 18.3 Å². The van der Waals surface area contributed by atoms with Gasteiger partial charge in [-0.3, -0.25) is 19.4 Å². The van der Waals surface area contributed by atoms with Crippen LogP contribution in [-0.2, 0) is 25.0 Å². The number of hydrogen-bond acceptors (Lipinski definition) is 9. The Kier molecular flexibility index (Phi) is 9.07. The first kappa shape index (κ1) is 32.3. The first-order valence-electron chi connectivity index (χ1n) is 14.5. The van der Waals surface area contributed by atoms with Crippen molar-refractivity contribution >= 4 is 50.6 Å². The maximum atomic E-state index is 15.7. The Labute approximate surface area is 263 Å². The summed E-state index contributed by atoms with van der Waals surface area (Å²) in [5, 5.41) is 3.92. The van der Waals surface area contributed by atoms with Gasteiger partial charge >= 0.3 is 0 Å². The summed E-state index contributed by atoms with van der Waals surface area (Å²) in [6, 6.07) is 5.22. The molecule has 3 aliphatic heterocycles. The highest BCUT2D eigenvalue weighted by Crippen LogP contribution is 2.51. The van der Waals surface area contributed by atoms with Gasteiger partial charge in [-0.2, -0.15) is 0 Å². The second kappa shape index (κ2) is 12.4. The van der Waals surface area contributed by atoms with E-state index in [-0.39, 0.29) is 48.1 Å². The lowest BCUT2D eigenvalue weighted by molar-refractivity contribution is -0.131. The number of amides is 1. The van der Waals surface area contributed by atoms with Crippen molar-refractivity contribution < 1.29 is 27.1 Å². The number of carbonyl (C=O) groups is 1. The van der Waals surface area contributed by atoms with Crippen LogP contribution in [0.3, 0.4) is 0 Å². The van der Waals surface area contributed by atoms with Crippen molar-refractivity contribution in [3.05, 3.63) is 42.0 Å². The lowest BCUT2D eigenvalue weighted by Gasteiger charge is -2.51. The minimum Gasteiger partial charge on any atom is -0.475 e. The van der Waals surface area contributed by atoms with Crippen LogP contribution in [-0.4, -0.2) is 94.0 Å². The molecule has 0 unspecified atom stereocenters. The fraction of sp³-hybridized carbons (Fsp3) is 0.500. The molecule has 2 N–H and O–H groups in total. The van der Waals surface area contributed by atoms with Gasteiger partial charge in [0.25, 0.3) is 0 Å². The molecule has 0 aliphatic carbocycles. The van der Waals surface area contributed by atoms with Crippen LogP contribution in [0, 0.1) is 5.82 Å². The number of fused-ring (bicyclic) bond motifs is 4. The zero-order valence-electron chi connectivity index (χ0n) is 25.2. The third kappa shape index (κ3) is 5.95. The smallest absolute Gasteiger partial charge is 0.240 e.